The van der Waals surface area contributed by atoms with E-state index in [1.165, 1.54) is 0 Å². The highest BCUT2D eigenvalue weighted by molar-refractivity contribution is 5.82. The molecule has 3 N–H and O–H groups in total. The number of amides is 1. The lowest BCUT2D eigenvalue weighted by atomic mass is 10.1. The number of nitrogens with one attached hydrogen (secondary N) is 1. The van der Waals surface area contributed by atoms with Gasteiger partial charge in [-0.3, -0.25) is 4.79 Å². The third-order valence-corrected chi connectivity index (χ3v) is 2.74. The Labute approximate surface area is 115 Å². The number of hydrogen-bond acceptors (Lipinski definition) is 3. The van der Waals surface area contributed by atoms with Gasteiger partial charge < -0.3 is 16.0 Å². The fourth-order valence-corrected chi connectivity index (χ4v) is 1.78. The maximum absolute atomic E-state index is 11.9. The van der Waals surface area contributed by atoms with E-state index in [2.05, 4.69) is 11.2 Å². The minimum absolute atomic E-state index is 0.0903. The van der Waals surface area contributed by atoms with Crippen molar-refractivity contribution in [3.8, 4) is 12.3 Å². The summed E-state index contributed by atoms with van der Waals surface area (Å²) in [6.45, 7) is 0.707. The van der Waals surface area contributed by atoms with Crippen molar-refractivity contribution in [2.45, 2.75) is 18.5 Å². The molecule has 0 heterocycles. The van der Waals surface area contributed by atoms with Gasteiger partial charge >= 0.3 is 0 Å². The molecular weight excluding hydrogens is 238 g/mol. The fourth-order valence-electron chi connectivity index (χ4n) is 1.78. The van der Waals surface area contributed by atoms with E-state index in [0.717, 1.165) is 5.56 Å². The van der Waals surface area contributed by atoms with E-state index >= 15 is 0 Å². The number of hydrogen-bond donors (Lipinski definition) is 2. The average Bonchev–Trinajstić information content (AvgIpc) is 2.38. The topological polar surface area (TPSA) is 58.4 Å². The summed E-state index contributed by atoms with van der Waals surface area (Å²) in [5.41, 5.74) is 6.77. The van der Waals surface area contributed by atoms with Crippen LogP contribution in [-0.4, -0.2) is 37.5 Å². The predicted molar refractivity (Wildman–Crippen MR) is 77.3 cm³/mol. The van der Waals surface area contributed by atoms with Crippen molar-refractivity contribution in [3.05, 3.63) is 35.9 Å². The van der Waals surface area contributed by atoms with Crippen LogP contribution in [0.15, 0.2) is 30.3 Å². The number of benzene rings is 1. The van der Waals surface area contributed by atoms with E-state index in [1.807, 2.05) is 49.3 Å². The number of nitrogens with zero attached hydrogens (tertiary/aromatic N) is 1. The highest BCUT2D eigenvalue weighted by Crippen LogP contribution is 2.13. The van der Waals surface area contributed by atoms with Gasteiger partial charge in [-0.05, 0) is 19.7 Å². The molecule has 4 heteroatoms. The Bertz CT molecular complexity index is 436. The summed E-state index contributed by atoms with van der Waals surface area (Å²) in [4.78, 5) is 14.0. The monoisotopic (exact) mass is 259 g/mol. The summed E-state index contributed by atoms with van der Waals surface area (Å²) in [6.07, 6.45) is 5.42. The summed E-state index contributed by atoms with van der Waals surface area (Å²) < 4.78 is 0. The summed E-state index contributed by atoms with van der Waals surface area (Å²) in [7, 11) is 3.92. The zero-order valence-electron chi connectivity index (χ0n) is 11.5. The van der Waals surface area contributed by atoms with Crippen molar-refractivity contribution >= 4 is 5.91 Å². The second-order valence-electron chi connectivity index (χ2n) is 4.75. The molecule has 0 fully saturated rings. The van der Waals surface area contributed by atoms with Gasteiger partial charge in [-0.1, -0.05) is 30.3 Å². The molecule has 0 aromatic heterocycles. The van der Waals surface area contributed by atoms with E-state index < -0.39 is 6.04 Å². The Hall–Kier alpha value is -1.83. The first-order valence-electron chi connectivity index (χ1n) is 6.23. The van der Waals surface area contributed by atoms with Gasteiger partial charge in [0.15, 0.2) is 0 Å². The van der Waals surface area contributed by atoms with Gasteiger partial charge in [0.2, 0.25) is 5.91 Å². The quantitative estimate of drug-likeness (QED) is 0.741. The Morgan fingerprint density at radius 3 is 2.58 bits per heavy atom. The lowest BCUT2D eigenvalue weighted by Gasteiger charge is -2.24. The Kier molecular flexibility index (Phi) is 6.07. The lowest BCUT2D eigenvalue weighted by Crippen LogP contribution is -2.44. The van der Waals surface area contributed by atoms with Gasteiger partial charge in [-0.15, -0.1) is 12.3 Å². The van der Waals surface area contributed by atoms with Crippen LogP contribution in [0.4, 0.5) is 0 Å². The van der Waals surface area contributed by atoms with E-state index in [-0.39, 0.29) is 18.4 Å². The highest BCUT2D eigenvalue weighted by Gasteiger charge is 2.19. The van der Waals surface area contributed by atoms with E-state index in [9.17, 15) is 4.79 Å². The molecule has 1 amide bonds. The molecule has 0 spiro atoms. The zero-order valence-corrected chi connectivity index (χ0v) is 11.5. The van der Waals surface area contributed by atoms with Crippen molar-refractivity contribution in [1.29, 1.82) is 0 Å². The third kappa shape index (κ3) is 5.12. The minimum atomic E-state index is -0.654. The molecule has 0 aliphatic rings. The van der Waals surface area contributed by atoms with Crippen LogP contribution in [-0.2, 0) is 4.79 Å². The molecule has 0 radical (unpaired) electrons. The van der Waals surface area contributed by atoms with Crippen LogP contribution in [0.1, 0.15) is 18.0 Å². The lowest BCUT2D eigenvalue weighted by molar-refractivity contribution is -0.123. The van der Waals surface area contributed by atoms with E-state index in [1.54, 1.807) is 0 Å². The molecule has 1 rings (SSSR count). The molecule has 0 saturated carbocycles. The van der Waals surface area contributed by atoms with Crippen molar-refractivity contribution in [2.24, 2.45) is 5.73 Å². The first-order chi connectivity index (χ1) is 9.04. The smallest absolute Gasteiger partial charge is 0.238 e. The van der Waals surface area contributed by atoms with Gasteiger partial charge in [-0.25, -0.2) is 0 Å². The Morgan fingerprint density at radius 2 is 2.05 bits per heavy atom. The number of carbonyl (C=O) groups excluding carboxylic acids is 1. The first kappa shape index (κ1) is 15.2. The second kappa shape index (κ2) is 7.57. The Balaban J connectivity index is 2.76. The molecule has 2 atom stereocenters. The standard InChI is InChI=1S/C15H21N3O/c1-4-8-13(16)15(19)17-14(11-18(2)3)12-9-6-5-7-10-12/h1,5-7,9-10,13-14H,8,11,16H2,2-3H3,(H,17,19). The van der Waals surface area contributed by atoms with E-state index in [0.29, 0.717) is 6.54 Å². The van der Waals surface area contributed by atoms with Gasteiger partial charge in [0.25, 0.3) is 0 Å². The van der Waals surface area contributed by atoms with Crippen LogP contribution in [0.5, 0.6) is 0 Å². The molecule has 102 valence electrons. The van der Waals surface area contributed by atoms with Gasteiger partial charge in [0.1, 0.15) is 0 Å². The van der Waals surface area contributed by atoms with Crippen LogP contribution in [0.2, 0.25) is 0 Å². The normalized spacial score (nSPS) is 13.6. The van der Waals surface area contributed by atoms with Gasteiger partial charge in [0.05, 0.1) is 12.1 Å². The molecule has 0 saturated heterocycles. The SMILES string of the molecule is C#CCC(N)C(=O)NC(CN(C)C)c1ccccc1. The van der Waals surface area contributed by atoms with Gasteiger partial charge in [0, 0.05) is 13.0 Å². The van der Waals surface area contributed by atoms with Crippen LogP contribution in [0.25, 0.3) is 0 Å². The van der Waals surface area contributed by atoms with Crippen molar-refractivity contribution in [3.63, 3.8) is 0 Å². The van der Waals surface area contributed by atoms with Crippen molar-refractivity contribution in [1.82, 2.24) is 10.2 Å². The number of nitrogens with two attached hydrogens (primary N) is 1. The van der Waals surface area contributed by atoms with Crippen LogP contribution in [0, 0.1) is 12.3 Å². The Morgan fingerprint density at radius 1 is 1.42 bits per heavy atom. The maximum Gasteiger partial charge on any atom is 0.238 e. The maximum atomic E-state index is 11.9. The highest BCUT2D eigenvalue weighted by atomic mass is 16.2. The summed E-state index contributed by atoms with van der Waals surface area (Å²) in [6, 6.07) is 9.08. The predicted octanol–water partition coefficient (Wildman–Crippen LogP) is 0.756. The molecular formula is C15H21N3O. The number of terminal acetylenes is 1. The molecule has 2 unspecified atom stereocenters. The molecule has 1 aromatic rings. The number of rotatable bonds is 6. The molecule has 0 aliphatic carbocycles. The van der Waals surface area contributed by atoms with Gasteiger partial charge in [-0.2, -0.15) is 0 Å². The third-order valence-electron chi connectivity index (χ3n) is 2.74. The molecule has 19 heavy (non-hydrogen) atoms. The second-order valence-corrected chi connectivity index (χ2v) is 4.75. The van der Waals surface area contributed by atoms with Crippen molar-refractivity contribution < 1.29 is 4.79 Å². The molecule has 0 bridgehead atoms. The molecule has 1 aromatic carbocycles. The van der Waals surface area contributed by atoms with Crippen molar-refractivity contribution in [2.75, 3.05) is 20.6 Å². The minimum Gasteiger partial charge on any atom is -0.347 e. The first-order valence-corrected chi connectivity index (χ1v) is 6.23. The largest absolute Gasteiger partial charge is 0.347 e. The van der Waals surface area contributed by atoms with E-state index in [4.69, 9.17) is 12.2 Å². The fraction of sp³-hybridized carbons (Fsp3) is 0.400. The van der Waals surface area contributed by atoms with Crippen LogP contribution >= 0.6 is 0 Å². The number of carbonyl (C=O) groups is 1. The molecule has 4 nitrogen and oxygen atoms in total. The molecule has 0 aliphatic heterocycles. The van der Waals surface area contributed by atoms with Crippen LogP contribution in [0.3, 0.4) is 0 Å². The summed E-state index contributed by atoms with van der Waals surface area (Å²) >= 11 is 0. The zero-order chi connectivity index (χ0) is 14.3. The summed E-state index contributed by atoms with van der Waals surface area (Å²) in [5, 5.41) is 2.95. The van der Waals surface area contributed by atoms with Crippen LogP contribution < -0.4 is 11.1 Å². The average molecular weight is 259 g/mol. The summed E-state index contributed by atoms with van der Waals surface area (Å²) in [5.74, 6) is 2.19. The number of likely N-dealkylation sites (N-methyl/N-ethyl adjacent to an activating group) is 1.